The topological polar surface area (TPSA) is 84.5 Å². The Morgan fingerprint density at radius 3 is 2.74 bits per heavy atom. The van der Waals surface area contributed by atoms with Crippen LogP contribution < -0.4 is 10.6 Å². The van der Waals surface area contributed by atoms with Gasteiger partial charge in [-0.15, -0.1) is 0 Å². The van der Waals surface area contributed by atoms with Crippen molar-refractivity contribution in [2.24, 2.45) is 0 Å². The largest absolute Gasteiger partial charge is 0.468 e. The summed E-state index contributed by atoms with van der Waals surface area (Å²) >= 11 is 1.45. The molecule has 0 bridgehead atoms. The smallest absolute Gasteiger partial charge is 0.325 e. The van der Waals surface area contributed by atoms with Crippen LogP contribution in [0.1, 0.15) is 23.2 Å². The van der Waals surface area contributed by atoms with Crippen molar-refractivity contribution < 1.29 is 19.1 Å². The van der Waals surface area contributed by atoms with E-state index in [1.165, 1.54) is 18.4 Å². The molecule has 2 N–H and O–H groups in total. The molecule has 7 heteroatoms. The molecule has 1 rings (SSSR count). The number of methoxy groups -OCH3 is 1. The molecule has 0 aliphatic rings. The summed E-state index contributed by atoms with van der Waals surface area (Å²) in [7, 11) is 1.26. The van der Waals surface area contributed by atoms with Crippen LogP contribution >= 0.6 is 11.3 Å². The van der Waals surface area contributed by atoms with E-state index in [4.69, 9.17) is 0 Å². The summed E-state index contributed by atoms with van der Waals surface area (Å²) < 4.78 is 4.39. The van der Waals surface area contributed by atoms with Crippen LogP contribution in [0.25, 0.3) is 0 Å². The normalized spacial score (nSPS) is 9.74. The number of ether oxygens (including phenoxy) is 1. The summed E-state index contributed by atoms with van der Waals surface area (Å²) in [6.07, 6.45) is 0.768. The molecule has 1 heterocycles. The fraction of sp³-hybridized carbons (Fsp3) is 0.417. The molecule has 0 saturated carbocycles. The second-order valence-electron chi connectivity index (χ2n) is 3.72. The number of nitrogens with one attached hydrogen (secondary N) is 2. The average molecular weight is 284 g/mol. The van der Waals surface area contributed by atoms with Gasteiger partial charge in [0, 0.05) is 23.9 Å². The van der Waals surface area contributed by atoms with E-state index in [9.17, 15) is 14.4 Å². The highest BCUT2D eigenvalue weighted by molar-refractivity contribution is 7.08. The predicted molar refractivity (Wildman–Crippen MR) is 70.9 cm³/mol. The second kappa shape index (κ2) is 8.25. The molecule has 104 valence electrons. The zero-order valence-corrected chi connectivity index (χ0v) is 11.4. The molecule has 0 unspecified atom stereocenters. The van der Waals surface area contributed by atoms with Crippen LogP contribution in [-0.2, 0) is 14.3 Å². The molecule has 2 amide bonds. The van der Waals surface area contributed by atoms with Crippen molar-refractivity contribution in [3.63, 3.8) is 0 Å². The van der Waals surface area contributed by atoms with Crippen LogP contribution in [-0.4, -0.2) is 38.0 Å². The minimum absolute atomic E-state index is 0.128. The highest BCUT2D eigenvalue weighted by Gasteiger charge is 2.07. The van der Waals surface area contributed by atoms with Crippen molar-refractivity contribution in [2.75, 3.05) is 20.2 Å². The number of hydrogen-bond donors (Lipinski definition) is 2. The fourth-order valence-corrected chi connectivity index (χ4v) is 1.91. The van der Waals surface area contributed by atoms with Gasteiger partial charge in [-0.2, -0.15) is 11.3 Å². The van der Waals surface area contributed by atoms with Gasteiger partial charge in [-0.25, -0.2) is 0 Å². The van der Waals surface area contributed by atoms with Gasteiger partial charge < -0.3 is 15.4 Å². The van der Waals surface area contributed by atoms with Gasteiger partial charge in [0.05, 0.1) is 7.11 Å². The number of hydrogen-bond acceptors (Lipinski definition) is 5. The Morgan fingerprint density at radius 1 is 1.32 bits per heavy atom. The number of carbonyl (C=O) groups is 3. The minimum Gasteiger partial charge on any atom is -0.468 e. The van der Waals surface area contributed by atoms with Crippen LogP contribution in [0.3, 0.4) is 0 Å². The molecule has 0 aliphatic heterocycles. The van der Waals surface area contributed by atoms with E-state index in [0.717, 1.165) is 0 Å². The highest BCUT2D eigenvalue weighted by atomic mass is 32.1. The van der Waals surface area contributed by atoms with E-state index < -0.39 is 5.97 Å². The third kappa shape index (κ3) is 6.01. The Labute approximate surface area is 115 Å². The summed E-state index contributed by atoms with van der Waals surface area (Å²) in [6.45, 7) is 0.289. The summed E-state index contributed by atoms with van der Waals surface area (Å²) in [4.78, 5) is 33.6. The number of amides is 2. The van der Waals surface area contributed by atoms with Gasteiger partial charge >= 0.3 is 5.97 Å². The lowest BCUT2D eigenvalue weighted by molar-refractivity contribution is -0.141. The predicted octanol–water partition coefficient (Wildman–Crippen LogP) is 0.547. The van der Waals surface area contributed by atoms with Crippen molar-refractivity contribution in [1.82, 2.24) is 10.6 Å². The zero-order chi connectivity index (χ0) is 14.1. The van der Waals surface area contributed by atoms with Crippen molar-refractivity contribution in [2.45, 2.75) is 12.8 Å². The fourth-order valence-electron chi connectivity index (χ4n) is 1.28. The van der Waals surface area contributed by atoms with Gasteiger partial charge in [0.1, 0.15) is 6.54 Å². The van der Waals surface area contributed by atoms with Crippen LogP contribution in [0.5, 0.6) is 0 Å². The second-order valence-corrected chi connectivity index (χ2v) is 4.50. The van der Waals surface area contributed by atoms with E-state index in [1.807, 2.05) is 5.38 Å². The Bertz CT molecular complexity index is 431. The first kappa shape index (κ1) is 15.2. The van der Waals surface area contributed by atoms with E-state index in [2.05, 4.69) is 15.4 Å². The van der Waals surface area contributed by atoms with Gasteiger partial charge in [0.15, 0.2) is 0 Å². The van der Waals surface area contributed by atoms with Crippen molar-refractivity contribution in [3.05, 3.63) is 22.4 Å². The summed E-state index contributed by atoms with van der Waals surface area (Å²) in [5.74, 6) is -0.870. The van der Waals surface area contributed by atoms with Crippen LogP contribution in [0, 0.1) is 0 Å². The van der Waals surface area contributed by atoms with E-state index in [1.54, 1.807) is 11.4 Å². The van der Waals surface area contributed by atoms with Crippen LogP contribution in [0.15, 0.2) is 16.8 Å². The van der Waals surface area contributed by atoms with Gasteiger partial charge in [0.25, 0.3) is 5.91 Å². The summed E-state index contributed by atoms with van der Waals surface area (Å²) in [5.41, 5.74) is 0.625. The van der Waals surface area contributed by atoms with Crippen molar-refractivity contribution >= 4 is 29.1 Å². The maximum atomic E-state index is 11.5. The quantitative estimate of drug-likeness (QED) is 0.565. The lowest BCUT2D eigenvalue weighted by Gasteiger charge is -2.05. The van der Waals surface area contributed by atoms with Gasteiger partial charge in [0.2, 0.25) is 5.91 Å². The first-order chi connectivity index (χ1) is 9.13. The Balaban J connectivity index is 2.09. The Morgan fingerprint density at radius 2 is 2.11 bits per heavy atom. The maximum Gasteiger partial charge on any atom is 0.325 e. The number of rotatable bonds is 7. The van der Waals surface area contributed by atoms with Gasteiger partial charge in [-0.05, 0) is 17.9 Å². The molecule has 1 aromatic rings. The highest BCUT2D eigenvalue weighted by Crippen LogP contribution is 2.05. The van der Waals surface area contributed by atoms with E-state index >= 15 is 0 Å². The van der Waals surface area contributed by atoms with Crippen molar-refractivity contribution in [1.29, 1.82) is 0 Å². The molecule has 0 radical (unpaired) electrons. The third-order valence-electron chi connectivity index (χ3n) is 2.31. The first-order valence-electron chi connectivity index (χ1n) is 5.77. The first-order valence-corrected chi connectivity index (χ1v) is 6.71. The molecule has 6 nitrogen and oxygen atoms in total. The zero-order valence-electron chi connectivity index (χ0n) is 10.6. The molecule has 1 aromatic heterocycles. The molecular formula is C12H16N2O4S. The third-order valence-corrected chi connectivity index (χ3v) is 2.99. The Kier molecular flexibility index (Phi) is 6.59. The lowest BCUT2D eigenvalue weighted by atomic mass is 10.2. The lowest BCUT2D eigenvalue weighted by Crippen LogP contribution is -2.31. The van der Waals surface area contributed by atoms with E-state index in [-0.39, 0.29) is 24.8 Å². The monoisotopic (exact) mass is 284 g/mol. The van der Waals surface area contributed by atoms with Crippen LogP contribution in [0.4, 0.5) is 0 Å². The maximum absolute atomic E-state index is 11.5. The molecular weight excluding hydrogens is 268 g/mol. The van der Waals surface area contributed by atoms with Gasteiger partial charge in [-0.3, -0.25) is 14.4 Å². The molecule has 0 atom stereocenters. The van der Waals surface area contributed by atoms with Gasteiger partial charge in [-0.1, -0.05) is 0 Å². The Hall–Kier alpha value is -1.89. The molecule has 19 heavy (non-hydrogen) atoms. The van der Waals surface area contributed by atoms with E-state index in [0.29, 0.717) is 18.5 Å². The minimum atomic E-state index is -0.487. The molecule has 0 saturated heterocycles. The number of esters is 1. The number of thiophene rings is 1. The average Bonchev–Trinajstić information content (AvgIpc) is 2.94. The molecule has 0 spiro atoms. The van der Waals surface area contributed by atoms with Crippen molar-refractivity contribution in [3.8, 4) is 0 Å². The molecule has 0 aliphatic carbocycles. The SMILES string of the molecule is COC(=O)CNC(=O)CCCNC(=O)c1ccsc1. The standard InChI is InChI=1S/C12H16N2O4S/c1-18-11(16)7-14-10(15)3-2-5-13-12(17)9-4-6-19-8-9/h4,6,8H,2-3,5,7H2,1H3,(H,13,17)(H,14,15). The number of carbonyl (C=O) groups excluding carboxylic acids is 3. The summed E-state index contributed by atoms with van der Waals surface area (Å²) in [6, 6.07) is 1.74. The van der Waals surface area contributed by atoms with Crippen LogP contribution in [0.2, 0.25) is 0 Å². The summed E-state index contributed by atoms with van der Waals surface area (Å²) in [5, 5.41) is 8.73. The molecule has 0 fully saturated rings. The molecule has 0 aromatic carbocycles.